The highest BCUT2D eigenvalue weighted by Crippen LogP contribution is 2.32. The maximum atomic E-state index is 5.19. The number of hydrogen-bond acceptors (Lipinski definition) is 6. The van der Waals surface area contributed by atoms with Gasteiger partial charge in [0.05, 0.1) is 23.4 Å². The van der Waals surface area contributed by atoms with Crippen molar-refractivity contribution in [3.05, 3.63) is 51.0 Å². The topological polar surface area (TPSA) is 34.1 Å². The van der Waals surface area contributed by atoms with E-state index < -0.39 is 0 Å². The molecule has 1 N–H and O–H groups in total. The maximum Gasteiger partial charge on any atom is 0.201 e. The molecule has 3 nitrogen and oxygen atoms in total. The molecule has 0 spiro atoms. The smallest absolute Gasteiger partial charge is 0.201 e. The predicted octanol–water partition coefficient (Wildman–Crippen LogP) is 5.55. The van der Waals surface area contributed by atoms with Crippen molar-refractivity contribution in [1.29, 1.82) is 0 Å². The van der Waals surface area contributed by atoms with E-state index in [-0.39, 0.29) is 0 Å². The van der Waals surface area contributed by atoms with Crippen LogP contribution in [0.25, 0.3) is 11.3 Å². The van der Waals surface area contributed by atoms with Crippen LogP contribution in [0.2, 0.25) is 0 Å². The second-order valence-corrected chi connectivity index (χ2v) is 7.59. The van der Waals surface area contributed by atoms with Gasteiger partial charge >= 0.3 is 0 Å². The minimum atomic E-state index is 0.519. The summed E-state index contributed by atoms with van der Waals surface area (Å²) in [4.78, 5) is 6.80. The summed E-state index contributed by atoms with van der Waals surface area (Å²) >= 11 is 8.40. The van der Waals surface area contributed by atoms with Gasteiger partial charge in [-0.1, -0.05) is 23.8 Å². The second kappa shape index (κ2) is 6.78. The molecule has 0 atom stereocenters. The molecule has 6 heteroatoms. The van der Waals surface area contributed by atoms with Crippen LogP contribution < -0.4 is 5.32 Å². The maximum absolute atomic E-state index is 5.19. The summed E-state index contributed by atoms with van der Waals surface area (Å²) in [6, 6.07) is 10.4. The summed E-state index contributed by atoms with van der Waals surface area (Å²) in [5.74, 6) is 0. The van der Waals surface area contributed by atoms with E-state index in [4.69, 9.17) is 17.0 Å². The number of thiazole rings is 1. The molecule has 3 aromatic rings. The molecule has 0 saturated carbocycles. The molecule has 2 heterocycles. The Kier molecular flexibility index (Phi) is 4.75. The molecular weight excluding hydrogens is 344 g/mol. The molecule has 23 heavy (non-hydrogen) atoms. The van der Waals surface area contributed by atoms with E-state index in [9.17, 15) is 0 Å². The van der Waals surface area contributed by atoms with Gasteiger partial charge in [-0.15, -0.1) is 22.7 Å². The van der Waals surface area contributed by atoms with Crippen molar-refractivity contribution in [2.24, 2.45) is 0 Å². The molecule has 0 aliphatic rings. The van der Waals surface area contributed by atoms with Gasteiger partial charge in [0.25, 0.3) is 0 Å². The molecular formula is C17H16N2OS3. The van der Waals surface area contributed by atoms with Gasteiger partial charge in [-0.05, 0) is 38.2 Å². The molecule has 0 aliphatic heterocycles. The Hall–Kier alpha value is -1.76. The van der Waals surface area contributed by atoms with E-state index >= 15 is 0 Å². The molecule has 0 amide bonds. The molecule has 0 unspecified atom stereocenters. The number of nitrogens with one attached hydrogen (secondary N) is 1. The number of methoxy groups -OCH3 is 1. The van der Waals surface area contributed by atoms with E-state index in [1.54, 1.807) is 29.8 Å². The Morgan fingerprint density at radius 2 is 2.09 bits per heavy atom. The lowest BCUT2D eigenvalue weighted by atomic mass is 10.1. The third-order valence-electron chi connectivity index (χ3n) is 3.36. The Morgan fingerprint density at radius 3 is 2.83 bits per heavy atom. The number of anilines is 2. The van der Waals surface area contributed by atoms with Crippen molar-refractivity contribution < 1.29 is 4.74 Å². The van der Waals surface area contributed by atoms with Gasteiger partial charge in [-0.3, -0.25) is 0 Å². The van der Waals surface area contributed by atoms with Crippen molar-refractivity contribution in [3.63, 3.8) is 0 Å². The fourth-order valence-corrected chi connectivity index (χ4v) is 4.00. The Balaban J connectivity index is 1.82. The number of benzene rings is 1. The van der Waals surface area contributed by atoms with Gasteiger partial charge in [-0.2, -0.15) is 0 Å². The highest BCUT2D eigenvalue weighted by atomic mass is 32.1. The average molecular weight is 361 g/mol. The van der Waals surface area contributed by atoms with Crippen LogP contribution in [0.4, 0.5) is 10.8 Å². The van der Waals surface area contributed by atoms with Crippen molar-refractivity contribution in [1.82, 2.24) is 4.98 Å². The van der Waals surface area contributed by atoms with E-state index in [0.29, 0.717) is 5.05 Å². The largest absolute Gasteiger partial charge is 0.486 e. The molecule has 118 valence electrons. The number of nitrogens with zero attached hydrogens (tertiary/aromatic N) is 1. The standard InChI is InChI=1S/C17H16N2OS3/c1-10-5-4-6-12(7-10)14-9-22-17(19-14)18-13-8-15(16(21)20-3)23-11(13)2/h4-9H,1-3H3,(H,18,19). The minimum Gasteiger partial charge on any atom is -0.486 e. The van der Waals surface area contributed by atoms with Gasteiger partial charge < -0.3 is 10.1 Å². The minimum absolute atomic E-state index is 0.519. The predicted molar refractivity (Wildman–Crippen MR) is 103 cm³/mol. The first-order chi connectivity index (χ1) is 11.1. The van der Waals surface area contributed by atoms with Crippen LogP contribution in [-0.2, 0) is 4.74 Å². The van der Waals surface area contributed by atoms with Gasteiger partial charge in [0.1, 0.15) is 0 Å². The zero-order valence-corrected chi connectivity index (χ0v) is 15.5. The lowest BCUT2D eigenvalue weighted by Crippen LogP contribution is -1.95. The summed E-state index contributed by atoms with van der Waals surface area (Å²) in [6.07, 6.45) is 0. The summed E-state index contributed by atoms with van der Waals surface area (Å²) in [5, 5.41) is 6.84. The van der Waals surface area contributed by atoms with Gasteiger partial charge in [-0.25, -0.2) is 4.98 Å². The normalized spacial score (nSPS) is 10.6. The van der Waals surface area contributed by atoms with Crippen molar-refractivity contribution in [2.75, 3.05) is 12.4 Å². The summed E-state index contributed by atoms with van der Waals surface area (Å²) in [7, 11) is 1.60. The van der Waals surface area contributed by atoms with Crippen LogP contribution in [0.1, 0.15) is 15.3 Å². The third kappa shape index (κ3) is 3.60. The van der Waals surface area contributed by atoms with Crippen LogP contribution in [0.5, 0.6) is 0 Å². The van der Waals surface area contributed by atoms with Crippen LogP contribution in [-0.4, -0.2) is 17.1 Å². The molecule has 2 aromatic heterocycles. The second-order valence-electron chi connectivity index (χ2n) is 5.10. The van der Waals surface area contributed by atoms with Gasteiger partial charge in [0.15, 0.2) is 5.13 Å². The number of aromatic nitrogens is 1. The highest BCUT2D eigenvalue weighted by molar-refractivity contribution is 7.80. The van der Waals surface area contributed by atoms with Gasteiger partial charge in [0.2, 0.25) is 5.05 Å². The SMILES string of the molecule is COC(=S)c1cc(Nc2nc(-c3cccc(C)c3)cs2)c(C)s1. The number of thiophene rings is 1. The van der Waals surface area contributed by atoms with Crippen LogP contribution >= 0.6 is 34.9 Å². The van der Waals surface area contributed by atoms with Crippen molar-refractivity contribution in [3.8, 4) is 11.3 Å². The molecule has 3 rings (SSSR count). The van der Waals surface area contributed by atoms with E-state index in [2.05, 4.69) is 53.8 Å². The Morgan fingerprint density at radius 1 is 1.26 bits per heavy atom. The number of thiocarbonyl (C=S) groups is 1. The molecule has 1 aromatic carbocycles. The van der Waals surface area contributed by atoms with Crippen LogP contribution in [0, 0.1) is 13.8 Å². The average Bonchev–Trinajstić information content (AvgIpc) is 3.14. The number of ether oxygens (including phenoxy) is 1. The first-order valence-corrected chi connectivity index (χ1v) is 9.15. The lowest BCUT2D eigenvalue weighted by Gasteiger charge is -2.01. The Bertz CT molecular complexity index is 851. The zero-order chi connectivity index (χ0) is 16.4. The van der Waals surface area contributed by atoms with Crippen LogP contribution in [0.3, 0.4) is 0 Å². The number of aryl methyl sites for hydroxylation is 2. The fourth-order valence-electron chi connectivity index (χ4n) is 2.19. The van der Waals surface area contributed by atoms with Crippen molar-refractivity contribution in [2.45, 2.75) is 13.8 Å². The summed E-state index contributed by atoms with van der Waals surface area (Å²) in [5.41, 5.74) is 4.38. The molecule has 0 aliphatic carbocycles. The quantitative estimate of drug-likeness (QED) is 0.618. The number of hydrogen-bond donors (Lipinski definition) is 1. The first-order valence-electron chi connectivity index (χ1n) is 7.05. The number of rotatable bonds is 4. The van der Waals surface area contributed by atoms with Crippen molar-refractivity contribution >= 4 is 50.8 Å². The summed E-state index contributed by atoms with van der Waals surface area (Å²) < 4.78 is 5.13. The fraction of sp³-hybridized carbons (Fsp3) is 0.176. The van der Waals surface area contributed by atoms with E-state index in [1.165, 1.54) is 5.56 Å². The third-order valence-corrected chi connectivity index (χ3v) is 5.69. The van der Waals surface area contributed by atoms with E-state index in [0.717, 1.165) is 31.8 Å². The lowest BCUT2D eigenvalue weighted by molar-refractivity contribution is 0.417. The highest BCUT2D eigenvalue weighted by Gasteiger charge is 2.12. The van der Waals surface area contributed by atoms with Crippen LogP contribution in [0.15, 0.2) is 35.7 Å². The zero-order valence-electron chi connectivity index (χ0n) is 13.0. The Labute approximate surface area is 149 Å². The van der Waals surface area contributed by atoms with Gasteiger partial charge in [0, 0.05) is 15.8 Å². The molecule has 0 fully saturated rings. The van der Waals surface area contributed by atoms with E-state index in [1.807, 2.05) is 6.07 Å². The molecule has 0 bridgehead atoms. The first kappa shape index (κ1) is 16.1. The molecule has 0 saturated heterocycles. The summed E-state index contributed by atoms with van der Waals surface area (Å²) in [6.45, 7) is 4.15. The monoisotopic (exact) mass is 360 g/mol. The molecule has 0 radical (unpaired) electrons.